The predicted molar refractivity (Wildman–Crippen MR) is 62.3 cm³/mol. The van der Waals surface area contributed by atoms with Crippen molar-refractivity contribution >= 4 is 5.91 Å². The van der Waals surface area contributed by atoms with Crippen molar-refractivity contribution in [2.75, 3.05) is 6.61 Å². The van der Waals surface area contributed by atoms with Crippen molar-refractivity contribution < 1.29 is 9.90 Å². The number of nitrogens with one attached hydrogen (secondary N) is 1. The molecule has 1 amide bonds. The zero-order valence-electron chi connectivity index (χ0n) is 10.8. The number of hydrogen-bond acceptors (Lipinski definition) is 2. The third-order valence-electron chi connectivity index (χ3n) is 1.25. The summed E-state index contributed by atoms with van der Waals surface area (Å²) in [5.41, 5.74) is -0.277. The molecule has 0 bridgehead atoms. The van der Waals surface area contributed by atoms with Crippen molar-refractivity contribution in [3.63, 3.8) is 0 Å². The Labute approximate surface area is 88.9 Å². The van der Waals surface area contributed by atoms with Crippen LogP contribution in [0.5, 0.6) is 0 Å². The third-order valence-corrected chi connectivity index (χ3v) is 1.25. The molecule has 0 aromatic heterocycles. The van der Waals surface area contributed by atoms with Crippen LogP contribution in [0.4, 0.5) is 0 Å². The highest BCUT2D eigenvalue weighted by atomic mass is 16.3. The summed E-state index contributed by atoms with van der Waals surface area (Å²) < 4.78 is 0. The molecule has 0 aliphatic rings. The summed E-state index contributed by atoms with van der Waals surface area (Å²) >= 11 is 0. The molecule has 0 heterocycles. The molecule has 0 saturated heterocycles. The third kappa shape index (κ3) is 17.5. The van der Waals surface area contributed by atoms with Crippen LogP contribution in [0.1, 0.15) is 54.9 Å². The molecule has 0 radical (unpaired) electrons. The minimum Gasteiger partial charge on any atom is -0.396 e. The Morgan fingerprint density at radius 2 is 1.57 bits per heavy atom. The minimum absolute atomic E-state index is 0.0570. The first-order valence-electron chi connectivity index (χ1n) is 5.37. The molecule has 0 unspecified atom stereocenters. The lowest BCUT2D eigenvalue weighted by molar-refractivity contribution is -0.120. The van der Waals surface area contributed by atoms with Crippen molar-refractivity contribution in [1.29, 1.82) is 0 Å². The molecule has 0 aliphatic carbocycles. The number of carbonyl (C=O) groups is 1. The van der Waals surface area contributed by atoms with E-state index in [9.17, 15) is 4.79 Å². The van der Waals surface area contributed by atoms with Crippen molar-refractivity contribution in [3.8, 4) is 0 Å². The first kappa shape index (κ1) is 19.1. The van der Waals surface area contributed by atoms with Gasteiger partial charge in [-0.25, -0.2) is 0 Å². The summed E-state index contributed by atoms with van der Waals surface area (Å²) in [6.07, 6.45) is 0.590. The molecule has 88 valence electrons. The highest BCUT2D eigenvalue weighted by Gasteiger charge is 2.16. The summed E-state index contributed by atoms with van der Waals surface area (Å²) in [6.45, 7) is 13.3. The maximum Gasteiger partial charge on any atom is 0.217 e. The lowest BCUT2D eigenvalue weighted by Gasteiger charge is -2.24. The van der Waals surface area contributed by atoms with Gasteiger partial charge in [0, 0.05) is 19.1 Å². The first-order chi connectivity index (χ1) is 6.48. The fourth-order valence-electron chi connectivity index (χ4n) is 0.819. The van der Waals surface area contributed by atoms with Gasteiger partial charge in [-0.3, -0.25) is 4.79 Å². The largest absolute Gasteiger partial charge is 0.396 e. The van der Waals surface area contributed by atoms with Gasteiger partial charge in [0.15, 0.2) is 0 Å². The second kappa shape index (κ2) is 12.4. The molecule has 2 N–H and O–H groups in total. The zero-order chi connectivity index (χ0) is 12.2. The van der Waals surface area contributed by atoms with Crippen LogP contribution in [0.15, 0.2) is 0 Å². The van der Waals surface area contributed by atoms with Crippen molar-refractivity contribution in [1.82, 2.24) is 5.32 Å². The molecule has 0 aromatic rings. The quantitative estimate of drug-likeness (QED) is 0.743. The van der Waals surface area contributed by atoms with Gasteiger partial charge < -0.3 is 10.4 Å². The van der Waals surface area contributed by atoms with Crippen LogP contribution in [0.25, 0.3) is 0 Å². The summed E-state index contributed by atoms with van der Waals surface area (Å²) in [7, 11) is 0. The minimum atomic E-state index is -0.277. The summed E-state index contributed by atoms with van der Waals surface area (Å²) in [6, 6.07) is 0. The highest BCUT2D eigenvalue weighted by Crippen LogP contribution is 2.05. The van der Waals surface area contributed by atoms with Crippen molar-refractivity contribution in [2.45, 2.75) is 60.4 Å². The van der Waals surface area contributed by atoms with Crippen LogP contribution in [0.2, 0.25) is 0 Å². The Balaban J connectivity index is -0.000000266. The van der Waals surface area contributed by atoms with Gasteiger partial charge in [-0.1, -0.05) is 27.7 Å². The van der Waals surface area contributed by atoms with Gasteiger partial charge in [0.25, 0.3) is 0 Å². The Bertz CT molecular complexity index is 122. The van der Waals surface area contributed by atoms with Gasteiger partial charge >= 0.3 is 0 Å². The molecule has 3 nitrogen and oxygen atoms in total. The number of hydrogen-bond donors (Lipinski definition) is 2. The molecule has 0 fully saturated rings. The Kier molecular flexibility index (Phi) is 16.9. The number of amides is 1. The molecule has 0 saturated carbocycles. The van der Waals surface area contributed by atoms with E-state index in [0.29, 0.717) is 6.42 Å². The maximum absolute atomic E-state index is 10.5. The molecule has 0 spiro atoms. The molecule has 14 heavy (non-hydrogen) atoms. The smallest absolute Gasteiger partial charge is 0.217 e. The number of aliphatic hydroxyl groups is 1. The molecule has 0 atom stereocenters. The summed E-state index contributed by atoms with van der Waals surface area (Å²) in [5, 5.41) is 11.3. The first-order valence-corrected chi connectivity index (χ1v) is 5.37. The standard InChI is InChI=1S/C7H15NO2.2C2H6/c1-6(10)8-7(2,3)4-5-9;2*1-2/h9H,4-5H2,1-3H3,(H,8,10);2*1-2H3. The predicted octanol–water partition coefficient (Wildman–Crippen LogP) is 2.34. The second-order valence-corrected chi connectivity index (χ2v) is 3.04. The van der Waals surface area contributed by atoms with Crippen molar-refractivity contribution in [3.05, 3.63) is 0 Å². The average Bonchev–Trinajstić information content (AvgIpc) is 2.09. The zero-order valence-corrected chi connectivity index (χ0v) is 10.8. The Hall–Kier alpha value is -0.570. The van der Waals surface area contributed by atoms with Gasteiger partial charge in [-0.2, -0.15) is 0 Å². The van der Waals surface area contributed by atoms with E-state index >= 15 is 0 Å². The van der Waals surface area contributed by atoms with E-state index in [4.69, 9.17) is 5.11 Å². The molecular formula is C11H27NO2. The summed E-state index contributed by atoms with van der Waals surface area (Å²) in [5.74, 6) is -0.0570. The molecule has 0 aromatic carbocycles. The van der Waals surface area contributed by atoms with Gasteiger partial charge in [0.1, 0.15) is 0 Å². The molecule has 0 rings (SSSR count). The van der Waals surface area contributed by atoms with Crippen LogP contribution in [0.3, 0.4) is 0 Å². The van der Waals surface area contributed by atoms with Crippen LogP contribution in [-0.2, 0) is 4.79 Å². The topological polar surface area (TPSA) is 49.3 Å². The van der Waals surface area contributed by atoms with Crippen molar-refractivity contribution in [2.24, 2.45) is 0 Å². The normalized spacial score (nSPS) is 8.86. The fraction of sp³-hybridized carbons (Fsp3) is 0.909. The van der Waals surface area contributed by atoms with E-state index < -0.39 is 0 Å². The average molecular weight is 205 g/mol. The van der Waals surface area contributed by atoms with Gasteiger partial charge in [0.2, 0.25) is 5.91 Å². The Morgan fingerprint density at radius 1 is 1.21 bits per heavy atom. The van der Waals surface area contributed by atoms with Crippen LogP contribution in [-0.4, -0.2) is 23.2 Å². The SMILES string of the molecule is CC.CC.CC(=O)NC(C)(C)CCO. The van der Waals surface area contributed by atoms with Crippen LogP contribution in [0, 0.1) is 0 Å². The van der Waals surface area contributed by atoms with Crippen LogP contribution >= 0.6 is 0 Å². The Morgan fingerprint density at radius 3 is 1.79 bits per heavy atom. The summed E-state index contributed by atoms with van der Waals surface area (Å²) in [4.78, 5) is 10.5. The van der Waals surface area contributed by atoms with Gasteiger partial charge in [0.05, 0.1) is 0 Å². The highest BCUT2D eigenvalue weighted by molar-refractivity contribution is 5.73. The number of carbonyl (C=O) groups excluding carboxylic acids is 1. The second-order valence-electron chi connectivity index (χ2n) is 3.04. The van der Waals surface area contributed by atoms with Gasteiger partial charge in [-0.05, 0) is 20.3 Å². The van der Waals surface area contributed by atoms with E-state index in [0.717, 1.165) is 0 Å². The van der Waals surface area contributed by atoms with E-state index in [-0.39, 0.29) is 18.1 Å². The monoisotopic (exact) mass is 205 g/mol. The fourth-order valence-corrected chi connectivity index (χ4v) is 0.819. The van der Waals surface area contributed by atoms with Crippen LogP contribution < -0.4 is 5.32 Å². The van der Waals surface area contributed by atoms with E-state index in [1.54, 1.807) is 0 Å². The van der Waals surface area contributed by atoms with E-state index in [1.807, 2.05) is 41.5 Å². The lowest BCUT2D eigenvalue weighted by atomic mass is 10.0. The molecular weight excluding hydrogens is 178 g/mol. The maximum atomic E-state index is 10.5. The number of rotatable bonds is 3. The van der Waals surface area contributed by atoms with E-state index in [2.05, 4.69) is 5.32 Å². The lowest BCUT2D eigenvalue weighted by Crippen LogP contribution is -2.42. The van der Waals surface area contributed by atoms with E-state index in [1.165, 1.54) is 6.92 Å². The number of aliphatic hydroxyl groups excluding tert-OH is 1. The molecule has 3 heteroatoms. The van der Waals surface area contributed by atoms with Gasteiger partial charge in [-0.15, -0.1) is 0 Å². The molecule has 0 aliphatic heterocycles.